The van der Waals surface area contributed by atoms with Gasteiger partial charge in [-0.2, -0.15) is 12.6 Å². The van der Waals surface area contributed by atoms with Gasteiger partial charge in [0.15, 0.2) is 0 Å². The predicted molar refractivity (Wildman–Crippen MR) is 79.5 cm³/mol. The quantitative estimate of drug-likeness (QED) is 0.250. The van der Waals surface area contributed by atoms with Crippen LogP contribution in [0.1, 0.15) is 77.6 Å². The molecule has 0 saturated carbocycles. The molecule has 1 heteroatoms. The number of thiol groups is 1. The van der Waals surface area contributed by atoms with Gasteiger partial charge in [-0.05, 0) is 12.8 Å². The highest BCUT2D eigenvalue weighted by molar-refractivity contribution is 7.80. The molecule has 0 heterocycles. The van der Waals surface area contributed by atoms with Crippen LogP contribution < -0.4 is 0 Å². The zero-order chi connectivity index (χ0) is 12.1. The molecular formula is C15H30S. The van der Waals surface area contributed by atoms with Crippen LogP contribution in [0.4, 0.5) is 0 Å². The molecule has 0 rings (SSSR count). The van der Waals surface area contributed by atoms with Crippen molar-refractivity contribution in [2.24, 2.45) is 0 Å². The summed E-state index contributed by atoms with van der Waals surface area (Å²) in [5.74, 6) is 0.859. The standard InChI is InChI=1S/C15H30S/c1-3-4-5-6-7-8-9-10-11-12-13-15(2)14-16/h16H,2-14H2,1H3. The van der Waals surface area contributed by atoms with Crippen molar-refractivity contribution < 1.29 is 0 Å². The first kappa shape index (κ1) is 16.1. The van der Waals surface area contributed by atoms with E-state index in [0.29, 0.717) is 0 Å². The minimum Gasteiger partial charge on any atom is -0.175 e. The molecule has 0 aromatic carbocycles. The van der Waals surface area contributed by atoms with Crippen LogP contribution in [0.2, 0.25) is 0 Å². The van der Waals surface area contributed by atoms with Gasteiger partial charge in [0.05, 0.1) is 0 Å². The second-order valence-corrected chi connectivity index (χ2v) is 5.16. The number of rotatable bonds is 12. The summed E-state index contributed by atoms with van der Waals surface area (Å²) < 4.78 is 0. The van der Waals surface area contributed by atoms with Gasteiger partial charge in [-0.1, -0.05) is 76.9 Å². The molecule has 0 atom stereocenters. The van der Waals surface area contributed by atoms with Gasteiger partial charge >= 0.3 is 0 Å². The number of hydrogen-bond donors (Lipinski definition) is 1. The van der Waals surface area contributed by atoms with Crippen LogP contribution in [0.15, 0.2) is 12.2 Å². The molecule has 0 bridgehead atoms. The summed E-state index contributed by atoms with van der Waals surface area (Å²) in [7, 11) is 0. The van der Waals surface area contributed by atoms with Crippen LogP contribution in [0.5, 0.6) is 0 Å². The molecule has 0 unspecified atom stereocenters. The predicted octanol–water partition coefficient (Wildman–Crippen LogP) is 5.78. The van der Waals surface area contributed by atoms with Gasteiger partial charge in [0, 0.05) is 5.75 Å². The molecule has 0 aromatic rings. The third-order valence-electron chi connectivity index (χ3n) is 3.11. The Kier molecular flexibility index (Phi) is 13.2. The van der Waals surface area contributed by atoms with Crippen LogP contribution in [0.25, 0.3) is 0 Å². The topological polar surface area (TPSA) is 0 Å². The molecule has 0 aliphatic heterocycles. The fourth-order valence-electron chi connectivity index (χ4n) is 1.94. The van der Waals surface area contributed by atoms with Gasteiger partial charge in [0.25, 0.3) is 0 Å². The summed E-state index contributed by atoms with van der Waals surface area (Å²) in [6.45, 7) is 6.25. The maximum atomic E-state index is 4.22. The molecule has 0 spiro atoms. The Bertz CT molecular complexity index is 152. The minimum absolute atomic E-state index is 0.859. The monoisotopic (exact) mass is 242 g/mol. The van der Waals surface area contributed by atoms with E-state index in [1.54, 1.807) is 0 Å². The Morgan fingerprint density at radius 2 is 1.25 bits per heavy atom. The van der Waals surface area contributed by atoms with E-state index in [4.69, 9.17) is 0 Å². The fraction of sp³-hybridized carbons (Fsp3) is 0.867. The smallest absolute Gasteiger partial charge is 0.0110 e. The average molecular weight is 242 g/mol. The zero-order valence-corrected chi connectivity index (χ0v) is 12.0. The third kappa shape index (κ3) is 12.2. The number of unbranched alkanes of at least 4 members (excludes halogenated alkanes) is 9. The first-order valence-electron chi connectivity index (χ1n) is 7.08. The first-order chi connectivity index (χ1) is 7.81. The van der Waals surface area contributed by atoms with Crippen molar-refractivity contribution >= 4 is 12.6 Å². The summed E-state index contributed by atoms with van der Waals surface area (Å²) >= 11 is 4.22. The lowest BCUT2D eigenvalue weighted by Crippen LogP contribution is -1.85. The molecule has 0 nitrogen and oxygen atoms in total. The van der Waals surface area contributed by atoms with Crippen LogP contribution in [0.3, 0.4) is 0 Å². The lowest BCUT2D eigenvalue weighted by molar-refractivity contribution is 0.556. The zero-order valence-electron chi connectivity index (χ0n) is 11.1. The van der Waals surface area contributed by atoms with Gasteiger partial charge in [0.1, 0.15) is 0 Å². The molecule has 0 N–H and O–H groups in total. The average Bonchev–Trinajstić information content (AvgIpc) is 2.31. The van der Waals surface area contributed by atoms with E-state index in [0.717, 1.165) is 5.75 Å². The van der Waals surface area contributed by atoms with Crippen LogP contribution in [-0.4, -0.2) is 5.75 Å². The van der Waals surface area contributed by atoms with E-state index in [1.807, 2.05) is 0 Å². The van der Waals surface area contributed by atoms with E-state index < -0.39 is 0 Å². The summed E-state index contributed by atoms with van der Waals surface area (Å²) in [6, 6.07) is 0. The van der Waals surface area contributed by atoms with Crippen molar-refractivity contribution in [3.05, 3.63) is 12.2 Å². The van der Waals surface area contributed by atoms with Crippen molar-refractivity contribution in [2.75, 3.05) is 5.75 Å². The Morgan fingerprint density at radius 3 is 1.69 bits per heavy atom. The second-order valence-electron chi connectivity index (χ2n) is 4.84. The van der Waals surface area contributed by atoms with Gasteiger partial charge in [0.2, 0.25) is 0 Å². The van der Waals surface area contributed by atoms with E-state index in [9.17, 15) is 0 Å². The van der Waals surface area contributed by atoms with E-state index >= 15 is 0 Å². The molecule has 96 valence electrons. The van der Waals surface area contributed by atoms with Crippen molar-refractivity contribution in [1.82, 2.24) is 0 Å². The van der Waals surface area contributed by atoms with Crippen molar-refractivity contribution in [3.63, 3.8) is 0 Å². The maximum Gasteiger partial charge on any atom is 0.0110 e. The largest absolute Gasteiger partial charge is 0.175 e. The first-order valence-corrected chi connectivity index (χ1v) is 7.72. The van der Waals surface area contributed by atoms with Crippen LogP contribution in [0, 0.1) is 0 Å². The van der Waals surface area contributed by atoms with Crippen molar-refractivity contribution in [1.29, 1.82) is 0 Å². The highest BCUT2D eigenvalue weighted by atomic mass is 32.1. The van der Waals surface area contributed by atoms with Gasteiger partial charge in [-0.3, -0.25) is 0 Å². The van der Waals surface area contributed by atoms with Crippen molar-refractivity contribution in [2.45, 2.75) is 77.6 Å². The molecule has 0 aliphatic rings. The van der Waals surface area contributed by atoms with E-state index in [2.05, 4.69) is 26.1 Å². The molecular weight excluding hydrogens is 212 g/mol. The molecule has 16 heavy (non-hydrogen) atoms. The Balaban J connectivity index is 2.96. The van der Waals surface area contributed by atoms with E-state index in [1.165, 1.54) is 76.2 Å². The molecule has 0 amide bonds. The van der Waals surface area contributed by atoms with Crippen LogP contribution in [-0.2, 0) is 0 Å². The minimum atomic E-state index is 0.859. The Hall–Kier alpha value is 0.0900. The lowest BCUT2D eigenvalue weighted by Gasteiger charge is -2.03. The van der Waals surface area contributed by atoms with E-state index in [-0.39, 0.29) is 0 Å². The fourth-order valence-corrected chi connectivity index (χ4v) is 2.10. The summed E-state index contributed by atoms with van der Waals surface area (Å²) in [6.07, 6.45) is 15.3. The third-order valence-corrected chi connectivity index (χ3v) is 3.55. The molecule has 0 aromatic heterocycles. The summed E-state index contributed by atoms with van der Waals surface area (Å²) in [5, 5.41) is 0. The highest BCUT2D eigenvalue weighted by Crippen LogP contribution is 2.13. The second kappa shape index (κ2) is 13.2. The molecule has 0 radical (unpaired) electrons. The maximum absolute atomic E-state index is 4.22. The van der Waals surface area contributed by atoms with Gasteiger partial charge in [-0.15, -0.1) is 0 Å². The summed E-state index contributed by atoms with van der Waals surface area (Å²) in [5.41, 5.74) is 1.29. The Morgan fingerprint density at radius 1 is 0.812 bits per heavy atom. The van der Waals surface area contributed by atoms with Crippen molar-refractivity contribution in [3.8, 4) is 0 Å². The van der Waals surface area contributed by atoms with Gasteiger partial charge < -0.3 is 0 Å². The normalized spacial score (nSPS) is 10.6. The molecule has 0 aliphatic carbocycles. The van der Waals surface area contributed by atoms with Gasteiger partial charge in [-0.25, -0.2) is 0 Å². The summed E-state index contributed by atoms with van der Waals surface area (Å²) in [4.78, 5) is 0. The lowest BCUT2D eigenvalue weighted by atomic mass is 10.0. The molecule has 0 saturated heterocycles. The highest BCUT2D eigenvalue weighted by Gasteiger charge is 1.94. The SMILES string of the molecule is C=C(CS)CCCCCCCCCCCC. The molecule has 0 fully saturated rings. The number of hydrogen-bond acceptors (Lipinski definition) is 1. The van der Waals surface area contributed by atoms with Crippen LogP contribution >= 0.6 is 12.6 Å². The Labute approximate surface area is 108 Å².